The van der Waals surface area contributed by atoms with E-state index >= 15 is 0 Å². The van der Waals surface area contributed by atoms with Gasteiger partial charge in [0.2, 0.25) is 0 Å². The second-order valence-corrected chi connectivity index (χ2v) is 5.55. The second kappa shape index (κ2) is 7.02. The SMILES string of the molecule is N#CCCN(Cc1cccnc1)CN1C(=O)c2ccccc2C1=O. The zero-order valence-corrected chi connectivity index (χ0v) is 13.1. The van der Waals surface area contributed by atoms with E-state index in [0.29, 0.717) is 30.6 Å². The number of nitrogens with zero attached hydrogens (tertiary/aromatic N) is 4. The molecule has 0 radical (unpaired) electrons. The van der Waals surface area contributed by atoms with E-state index < -0.39 is 0 Å². The van der Waals surface area contributed by atoms with E-state index in [0.717, 1.165) is 5.56 Å². The van der Waals surface area contributed by atoms with Crippen LogP contribution in [0.15, 0.2) is 48.8 Å². The fraction of sp³-hybridized carbons (Fsp3) is 0.222. The molecule has 120 valence electrons. The third-order valence-electron chi connectivity index (χ3n) is 3.89. The number of nitriles is 1. The average molecular weight is 320 g/mol. The summed E-state index contributed by atoms with van der Waals surface area (Å²) in [5, 5.41) is 8.85. The highest BCUT2D eigenvalue weighted by Crippen LogP contribution is 2.23. The Morgan fingerprint density at radius 2 is 1.79 bits per heavy atom. The highest BCUT2D eigenvalue weighted by atomic mass is 16.2. The predicted octanol–water partition coefficient (Wildman–Crippen LogP) is 2.05. The van der Waals surface area contributed by atoms with E-state index in [2.05, 4.69) is 11.1 Å². The molecule has 1 aliphatic rings. The minimum Gasteiger partial charge on any atom is -0.280 e. The lowest BCUT2D eigenvalue weighted by Gasteiger charge is -2.26. The van der Waals surface area contributed by atoms with Crippen molar-refractivity contribution in [3.05, 3.63) is 65.5 Å². The minimum atomic E-state index is -0.288. The Bertz CT molecular complexity index is 763. The topological polar surface area (TPSA) is 77.3 Å². The zero-order chi connectivity index (χ0) is 16.9. The molecule has 24 heavy (non-hydrogen) atoms. The van der Waals surface area contributed by atoms with Crippen molar-refractivity contribution in [1.82, 2.24) is 14.8 Å². The van der Waals surface area contributed by atoms with Gasteiger partial charge in [0.1, 0.15) is 0 Å². The molecule has 6 nitrogen and oxygen atoms in total. The lowest BCUT2D eigenvalue weighted by Crippen LogP contribution is -2.41. The summed E-state index contributed by atoms with van der Waals surface area (Å²) in [6, 6.07) is 12.7. The number of aromatic nitrogens is 1. The Balaban J connectivity index is 1.77. The predicted molar refractivity (Wildman–Crippen MR) is 86.7 cm³/mol. The molecule has 2 aromatic rings. The van der Waals surface area contributed by atoms with Gasteiger partial charge in [-0.15, -0.1) is 0 Å². The number of rotatable bonds is 6. The average Bonchev–Trinajstić information content (AvgIpc) is 2.86. The maximum atomic E-state index is 12.5. The Morgan fingerprint density at radius 3 is 2.38 bits per heavy atom. The second-order valence-electron chi connectivity index (χ2n) is 5.55. The Morgan fingerprint density at radius 1 is 1.08 bits per heavy atom. The van der Waals surface area contributed by atoms with Crippen LogP contribution < -0.4 is 0 Å². The standard InChI is InChI=1S/C18H16N4O2/c19-8-4-10-21(12-14-5-3-9-20-11-14)13-22-17(23)15-6-1-2-7-16(15)18(22)24/h1-3,5-7,9,11H,4,10,12-13H2. The van der Waals surface area contributed by atoms with Crippen LogP contribution >= 0.6 is 0 Å². The number of hydrogen-bond acceptors (Lipinski definition) is 5. The summed E-state index contributed by atoms with van der Waals surface area (Å²) in [6.45, 7) is 1.14. The van der Waals surface area contributed by atoms with Gasteiger partial charge >= 0.3 is 0 Å². The quantitative estimate of drug-likeness (QED) is 0.761. The summed E-state index contributed by atoms with van der Waals surface area (Å²) in [5.41, 5.74) is 1.83. The fourth-order valence-corrected chi connectivity index (χ4v) is 2.73. The monoisotopic (exact) mass is 320 g/mol. The first-order valence-corrected chi connectivity index (χ1v) is 7.64. The molecule has 0 saturated heterocycles. The van der Waals surface area contributed by atoms with Gasteiger partial charge in [-0.25, -0.2) is 0 Å². The molecule has 3 rings (SSSR count). The molecule has 0 spiro atoms. The molecule has 2 heterocycles. The molecule has 6 heteroatoms. The van der Waals surface area contributed by atoms with Crippen LogP contribution in [0.5, 0.6) is 0 Å². The lowest BCUT2D eigenvalue weighted by molar-refractivity contribution is 0.0534. The molecule has 0 N–H and O–H groups in total. The summed E-state index contributed by atoms with van der Waals surface area (Å²) in [6.07, 6.45) is 3.75. The van der Waals surface area contributed by atoms with E-state index in [1.807, 2.05) is 17.0 Å². The first kappa shape index (κ1) is 15.8. The Kier molecular flexibility index (Phi) is 4.64. The number of carbonyl (C=O) groups excluding carboxylic acids is 2. The van der Waals surface area contributed by atoms with Gasteiger partial charge in [0, 0.05) is 31.9 Å². The largest absolute Gasteiger partial charge is 0.280 e. The van der Waals surface area contributed by atoms with Crippen LogP contribution in [0.2, 0.25) is 0 Å². The van der Waals surface area contributed by atoms with E-state index in [-0.39, 0.29) is 18.5 Å². The summed E-state index contributed by atoms with van der Waals surface area (Å²) >= 11 is 0. The molecule has 0 aliphatic carbocycles. The van der Waals surface area contributed by atoms with Crippen molar-refractivity contribution in [2.24, 2.45) is 0 Å². The van der Waals surface area contributed by atoms with Crippen LogP contribution in [0.4, 0.5) is 0 Å². The molecule has 0 bridgehead atoms. The van der Waals surface area contributed by atoms with Crippen LogP contribution in [-0.2, 0) is 6.54 Å². The fourth-order valence-electron chi connectivity index (χ4n) is 2.73. The third kappa shape index (κ3) is 3.16. The van der Waals surface area contributed by atoms with Gasteiger partial charge in [-0.1, -0.05) is 18.2 Å². The number of fused-ring (bicyclic) bond motifs is 1. The molecule has 0 unspecified atom stereocenters. The van der Waals surface area contributed by atoms with Gasteiger partial charge in [0.25, 0.3) is 11.8 Å². The van der Waals surface area contributed by atoms with Crippen LogP contribution in [-0.4, -0.2) is 39.8 Å². The van der Waals surface area contributed by atoms with Gasteiger partial charge < -0.3 is 0 Å². The van der Waals surface area contributed by atoms with Gasteiger partial charge in [0.15, 0.2) is 0 Å². The highest BCUT2D eigenvalue weighted by Gasteiger charge is 2.35. The first-order chi connectivity index (χ1) is 11.7. The summed E-state index contributed by atoms with van der Waals surface area (Å²) in [4.78, 5) is 32.2. The molecule has 1 aromatic carbocycles. The van der Waals surface area contributed by atoms with Crippen molar-refractivity contribution in [3.63, 3.8) is 0 Å². The van der Waals surface area contributed by atoms with E-state index in [4.69, 9.17) is 5.26 Å². The number of hydrogen-bond donors (Lipinski definition) is 0. The molecule has 0 saturated carbocycles. The van der Waals surface area contributed by atoms with Gasteiger partial charge in [-0.3, -0.25) is 24.4 Å². The summed E-state index contributed by atoms with van der Waals surface area (Å²) in [5.74, 6) is -0.576. The molecule has 0 atom stereocenters. The van der Waals surface area contributed by atoms with Crippen molar-refractivity contribution in [2.45, 2.75) is 13.0 Å². The van der Waals surface area contributed by atoms with Crippen molar-refractivity contribution < 1.29 is 9.59 Å². The first-order valence-electron chi connectivity index (χ1n) is 7.64. The van der Waals surface area contributed by atoms with E-state index in [9.17, 15) is 9.59 Å². The highest BCUT2D eigenvalue weighted by molar-refractivity contribution is 6.21. The smallest absolute Gasteiger partial charge is 0.262 e. The number of benzene rings is 1. The summed E-state index contributed by atoms with van der Waals surface area (Å²) < 4.78 is 0. The van der Waals surface area contributed by atoms with Crippen LogP contribution in [0, 0.1) is 11.3 Å². The molecule has 2 amide bonds. The normalized spacial score (nSPS) is 13.2. The number of amides is 2. The van der Waals surface area contributed by atoms with Crippen molar-refractivity contribution in [3.8, 4) is 6.07 Å². The minimum absolute atomic E-state index is 0.156. The Labute approximate surface area is 139 Å². The van der Waals surface area contributed by atoms with Crippen molar-refractivity contribution in [2.75, 3.05) is 13.2 Å². The van der Waals surface area contributed by atoms with Gasteiger partial charge in [-0.05, 0) is 23.8 Å². The van der Waals surface area contributed by atoms with E-state index in [1.165, 1.54) is 4.90 Å². The van der Waals surface area contributed by atoms with Crippen molar-refractivity contribution >= 4 is 11.8 Å². The van der Waals surface area contributed by atoms with Crippen LogP contribution in [0.1, 0.15) is 32.7 Å². The lowest BCUT2D eigenvalue weighted by atomic mass is 10.1. The maximum absolute atomic E-state index is 12.5. The Hall–Kier alpha value is -3.04. The third-order valence-corrected chi connectivity index (χ3v) is 3.89. The molecule has 1 aliphatic heterocycles. The molecule has 0 fully saturated rings. The molecular weight excluding hydrogens is 304 g/mol. The number of imide groups is 1. The number of pyridine rings is 1. The maximum Gasteiger partial charge on any atom is 0.262 e. The molecular formula is C18H16N4O2. The number of carbonyl (C=O) groups is 2. The van der Waals surface area contributed by atoms with Gasteiger partial charge in [0.05, 0.1) is 23.9 Å². The van der Waals surface area contributed by atoms with Crippen LogP contribution in [0.25, 0.3) is 0 Å². The van der Waals surface area contributed by atoms with Crippen molar-refractivity contribution in [1.29, 1.82) is 5.26 Å². The zero-order valence-electron chi connectivity index (χ0n) is 13.1. The van der Waals surface area contributed by atoms with E-state index in [1.54, 1.807) is 36.7 Å². The summed E-state index contributed by atoms with van der Waals surface area (Å²) in [7, 11) is 0. The van der Waals surface area contributed by atoms with Gasteiger partial charge in [-0.2, -0.15) is 5.26 Å². The van der Waals surface area contributed by atoms with Crippen LogP contribution in [0.3, 0.4) is 0 Å². The molecule has 1 aromatic heterocycles.